The molecule has 2 N–H and O–H groups in total. The van der Waals surface area contributed by atoms with E-state index in [1.807, 2.05) is 24.4 Å². The Bertz CT molecular complexity index is 537. The highest BCUT2D eigenvalue weighted by Gasteiger charge is 2.19. The summed E-state index contributed by atoms with van der Waals surface area (Å²) < 4.78 is 5.15. The summed E-state index contributed by atoms with van der Waals surface area (Å²) in [6.07, 6.45) is 4.16. The minimum atomic E-state index is -0.359. The predicted octanol–water partition coefficient (Wildman–Crippen LogP) is 2.96. The van der Waals surface area contributed by atoms with E-state index < -0.39 is 0 Å². The first kappa shape index (κ1) is 12.6. The van der Waals surface area contributed by atoms with Crippen molar-refractivity contribution in [1.29, 1.82) is 0 Å². The first-order valence-electron chi connectivity index (χ1n) is 5.68. The molecule has 4 nitrogen and oxygen atoms in total. The van der Waals surface area contributed by atoms with E-state index in [0.717, 1.165) is 17.5 Å². The summed E-state index contributed by atoms with van der Waals surface area (Å²) in [5.74, 6) is -0.359. The van der Waals surface area contributed by atoms with Crippen molar-refractivity contribution < 1.29 is 9.53 Å². The number of nitrogens with two attached hydrogens (primary N) is 1. The third-order valence-electron chi connectivity index (χ3n) is 2.45. The molecule has 0 aliphatic rings. The van der Waals surface area contributed by atoms with Crippen LogP contribution >= 0.6 is 11.3 Å². The lowest BCUT2D eigenvalue weighted by Gasteiger charge is -2.06. The summed E-state index contributed by atoms with van der Waals surface area (Å²) in [4.78, 5) is 15.9. The fourth-order valence-corrected chi connectivity index (χ4v) is 2.40. The van der Waals surface area contributed by atoms with Crippen molar-refractivity contribution in [2.45, 2.75) is 13.3 Å². The van der Waals surface area contributed by atoms with Gasteiger partial charge in [-0.05, 0) is 24.1 Å². The largest absolute Gasteiger partial charge is 0.462 e. The summed E-state index contributed by atoms with van der Waals surface area (Å²) in [5.41, 5.74) is 8.04. The van der Waals surface area contributed by atoms with Crippen LogP contribution in [0.4, 0.5) is 5.00 Å². The molecule has 2 aromatic rings. The number of aromatic nitrogens is 1. The van der Waals surface area contributed by atoms with Crippen molar-refractivity contribution in [1.82, 2.24) is 4.98 Å². The zero-order valence-corrected chi connectivity index (χ0v) is 10.9. The monoisotopic (exact) mass is 262 g/mol. The first-order chi connectivity index (χ1) is 8.74. The minimum Gasteiger partial charge on any atom is -0.462 e. The number of carbonyl (C=O) groups is 1. The van der Waals surface area contributed by atoms with Gasteiger partial charge in [0.1, 0.15) is 10.6 Å². The highest BCUT2D eigenvalue weighted by molar-refractivity contribution is 7.14. The van der Waals surface area contributed by atoms with Crippen LogP contribution in [0.15, 0.2) is 29.9 Å². The van der Waals surface area contributed by atoms with Crippen LogP contribution in [-0.4, -0.2) is 17.6 Å². The normalized spacial score (nSPS) is 10.3. The van der Waals surface area contributed by atoms with Gasteiger partial charge in [-0.2, -0.15) is 0 Å². The van der Waals surface area contributed by atoms with Gasteiger partial charge in [-0.1, -0.05) is 6.92 Å². The van der Waals surface area contributed by atoms with E-state index >= 15 is 0 Å². The van der Waals surface area contributed by atoms with Crippen molar-refractivity contribution in [3.8, 4) is 11.1 Å². The highest BCUT2D eigenvalue weighted by Crippen LogP contribution is 2.33. The van der Waals surface area contributed by atoms with Crippen LogP contribution in [0, 0.1) is 0 Å². The molecule has 0 aromatic carbocycles. The zero-order valence-electron chi connectivity index (χ0n) is 10.1. The molecule has 0 fully saturated rings. The van der Waals surface area contributed by atoms with Gasteiger partial charge in [0.15, 0.2) is 0 Å². The van der Waals surface area contributed by atoms with Gasteiger partial charge in [-0.15, -0.1) is 11.3 Å². The highest BCUT2D eigenvalue weighted by atomic mass is 32.1. The number of anilines is 1. The molecular weight excluding hydrogens is 248 g/mol. The van der Waals surface area contributed by atoms with Crippen molar-refractivity contribution in [3.63, 3.8) is 0 Å². The Morgan fingerprint density at radius 3 is 2.83 bits per heavy atom. The number of carbonyl (C=O) groups excluding carboxylic acids is 1. The van der Waals surface area contributed by atoms with E-state index in [1.54, 1.807) is 12.4 Å². The maximum absolute atomic E-state index is 12.0. The Morgan fingerprint density at radius 1 is 1.44 bits per heavy atom. The molecule has 0 saturated heterocycles. The molecule has 5 heteroatoms. The number of nitrogens with zero attached hydrogens (tertiary/aromatic N) is 1. The van der Waals surface area contributed by atoms with E-state index in [2.05, 4.69) is 4.98 Å². The van der Waals surface area contributed by atoms with Crippen LogP contribution in [0.2, 0.25) is 0 Å². The van der Waals surface area contributed by atoms with Crippen LogP contribution in [0.25, 0.3) is 11.1 Å². The van der Waals surface area contributed by atoms with Gasteiger partial charge in [-0.3, -0.25) is 4.98 Å². The van der Waals surface area contributed by atoms with Crippen molar-refractivity contribution >= 4 is 22.3 Å². The molecule has 0 spiro atoms. The average molecular weight is 262 g/mol. The molecule has 0 amide bonds. The lowest BCUT2D eigenvalue weighted by molar-refractivity contribution is 0.0508. The Labute approximate surface area is 109 Å². The number of hydrogen-bond acceptors (Lipinski definition) is 5. The molecule has 0 radical (unpaired) electrons. The summed E-state index contributed by atoms with van der Waals surface area (Å²) in [6.45, 7) is 2.36. The van der Waals surface area contributed by atoms with Crippen LogP contribution < -0.4 is 5.73 Å². The van der Waals surface area contributed by atoms with Gasteiger partial charge >= 0.3 is 5.97 Å². The van der Waals surface area contributed by atoms with E-state index in [1.165, 1.54) is 11.3 Å². The second-order valence-corrected chi connectivity index (χ2v) is 4.67. The number of nitrogen functional groups attached to an aromatic ring is 1. The van der Waals surface area contributed by atoms with E-state index in [-0.39, 0.29) is 5.97 Å². The minimum absolute atomic E-state index is 0.359. The van der Waals surface area contributed by atoms with E-state index in [0.29, 0.717) is 17.2 Å². The quantitative estimate of drug-likeness (QED) is 0.860. The molecule has 2 heterocycles. The van der Waals surface area contributed by atoms with Crippen molar-refractivity contribution in [2.75, 3.05) is 12.3 Å². The smallest absolute Gasteiger partial charge is 0.341 e. The molecule has 0 aliphatic heterocycles. The van der Waals surface area contributed by atoms with Crippen LogP contribution in [0.1, 0.15) is 23.7 Å². The maximum atomic E-state index is 12.0. The Kier molecular flexibility index (Phi) is 3.94. The maximum Gasteiger partial charge on any atom is 0.341 e. The van der Waals surface area contributed by atoms with Crippen LogP contribution in [0.3, 0.4) is 0 Å². The molecule has 18 heavy (non-hydrogen) atoms. The van der Waals surface area contributed by atoms with Crippen molar-refractivity contribution in [3.05, 3.63) is 35.5 Å². The molecule has 0 bridgehead atoms. The van der Waals surface area contributed by atoms with Gasteiger partial charge in [0.2, 0.25) is 0 Å². The SMILES string of the molecule is CCCOC(=O)c1c(-c2ccncc2)csc1N. The first-order valence-corrected chi connectivity index (χ1v) is 6.56. The number of ether oxygens (including phenoxy) is 1. The second-order valence-electron chi connectivity index (χ2n) is 3.76. The lowest BCUT2D eigenvalue weighted by atomic mass is 10.1. The predicted molar refractivity (Wildman–Crippen MR) is 72.5 cm³/mol. The molecule has 0 aliphatic carbocycles. The fourth-order valence-electron chi connectivity index (χ4n) is 1.59. The summed E-state index contributed by atoms with van der Waals surface area (Å²) in [5, 5.41) is 2.36. The molecule has 0 atom stereocenters. The topological polar surface area (TPSA) is 65.2 Å². The molecule has 2 aromatic heterocycles. The molecule has 2 rings (SSSR count). The Balaban J connectivity index is 2.36. The standard InChI is InChI=1S/C13H14N2O2S/c1-2-7-17-13(16)11-10(8-18-12(11)14)9-3-5-15-6-4-9/h3-6,8H,2,7,14H2,1H3. The Hall–Kier alpha value is -1.88. The molecule has 0 saturated carbocycles. The third-order valence-corrected chi connectivity index (χ3v) is 3.26. The van der Waals surface area contributed by atoms with Crippen molar-refractivity contribution in [2.24, 2.45) is 0 Å². The van der Waals surface area contributed by atoms with Gasteiger partial charge in [0.05, 0.1) is 6.61 Å². The zero-order chi connectivity index (χ0) is 13.0. The number of esters is 1. The van der Waals surface area contributed by atoms with Gasteiger partial charge in [0, 0.05) is 23.3 Å². The molecule has 0 unspecified atom stereocenters. The summed E-state index contributed by atoms with van der Waals surface area (Å²) >= 11 is 1.34. The van der Waals surface area contributed by atoms with Gasteiger partial charge < -0.3 is 10.5 Å². The fraction of sp³-hybridized carbons (Fsp3) is 0.231. The van der Waals surface area contributed by atoms with Gasteiger partial charge in [0.25, 0.3) is 0 Å². The second kappa shape index (κ2) is 5.64. The third kappa shape index (κ3) is 2.51. The van der Waals surface area contributed by atoms with E-state index in [9.17, 15) is 4.79 Å². The lowest BCUT2D eigenvalue weighted by Crippen LogP contribution is -2.08. The summed E-state index contributed by atoms with van der Waals surface area (Å²) in [7, 11) is 0. The molecular formula is C13H14N2O2S. The van der Waals surface area contributed by atoms with E-state index in [4.69, 9.17) is 10.5 Å². The number of rotatable bonds is 4. The Morgan fingerprint density at radius 2 is 2.17 bits per heavy atom. The number of pyridine rings is 1. The van der Waals surface area contributed by atoms with Crippen LogP contribution in [-0.2, 0) is 4.74 Å². The summed E-state index contributed by atoms with van der Waals surface area (Å²) in [6, 6.07) is 3.69. The number of hydrogen-bond donors (Lipinski definition) is 1. The molecule has 94 valence electrons. The van der Waals surface area contributed by atoms with Gasteiger partial charge in [-0.25, -0.2) is 4.79 Å². The van der Waals surface area contributed by atoms with Crippen LogP contribution in [0.5, 0.6) is 0 Å². The average Bonchev–Trinajstić information content (AvgIpc) is 2.79. The number of thiophene rings is 1.